The van der Waals surface area contributed by atoms with Crippen LogP contribution in [0.25, 0.3) is 0 Å². The first-order valence-corrected chi connectivity index (χ1v) is 8.51. The lowest BCUT2D eigenvalue weighted by atomic mass is 10.2. The molecule has 0 spiro atoms. The lowest BCUT2D eigenvalue weighted by molar-refractivity contribution is 0.0955. The number of aromatic nitrogens is 2. The van der Waals surface area contributed by atoms with Gasteiger partial charge in [-0.1, -0.05) is 53.3 Å². The largest absolute Gasteiger partial charge is 0.309 e. The van der Waals surface area contributed by atoms with Gasteiger partial charge in [0.05, 0.1) is 17.6 Å². The first-order chi connectivity index (χ1) is 12.1. The van der Waals surface area contributed by atoms with Crippen LogP contribution in [0.3, 0.4) is 0 Å². The van der Waals surface area contributed by atoms with Crippen LogP contribution in [-0.4, -0.2) is 21.7 Å². The number of hydrazone groups is 1. The Balaban J connectivity index is 1.72. The fourth-order valence-electron chi connectivity index (χ4n) is 2.10. The van der Waals surface area contributed by atoms with Crippen molar-refractivity contribution in [2.45, 2.75) is 6.54 Å². The van der Waals surface area contributed by atoms with Crippen molar-refractivity contribution in [2.75, 3.05) is 0 Å². The summed E-state index contributed by atoms with van der Waals surface area (Å²) in [6.07, 6.45) is 4.41. The SMILES string of the molecule is O=C(NN=Cc1sc(=O)n(Cc2ccccc2)c1Cl)c1ccncc1. The van der Waals surface area contributed by atoms with Crippen LogP contribution >= 0.6 is 22.9 Å². The van der Waals surface area contributed by atoms with Crippen LogP contribution in [0.4, 0.5) is 0 Å². The molecule has 1 amide bonds. The molecule has 8 heteroatoms. The molecule has 0 aliphatic heterocycles. The molecular formula is C17H13ClN4O2S. The molecule has 0 saturated heterocycles. The predicted octanol–water partition coefficient (Wildman–Crippen LogP) is 2.77. The summed E-state index contributed by atoms with van der Waals surface area (Å²) in [5.41, 5.74) is 3.80. The third kappa shape index (κ3) is 4.20. The van der Waals surface area contributed by atoms with Crippen molar-refractivity contribution in [3.05, 3.63) is 85.7 Å². The Morgan fingerprint density at radius 1 is 1.24 bits per heavy atom. The van der Waals surface area contributed by atoms with E-state index in [0.29, 0.717) is 22.1 Å². The number of nitrogens with one attached hydrogen (secondary N) is 1. The van der Waals surface area contributed by atoms with Crippen molar-refractivity contribution in [3.63, 3.8) is 0 Å². The van der Waals surface area contributed by atoms with Crippen molar-refractivity contribution >= 4 is 35.1 Å². The Bertz CT molecular complexity index is 952. The molecule has 1 aromatic carbocycles. The van der Waals surface area contributed by atoms with Gasteiger partial charge in [-0.25, -0.2) is 5.43 Å². The van der Waals surface area contributed by atoms with Gasteiger partial charge in [0, 0.05) is 18.0 Å². The summed E-state index contributed by atoms with van der Waals surface area (Å²) in [6, 6.07) is 12.7. The van der Waals surface area contributed by atoms with Crippen molar-refractivity contribution in [1.29, 1.82) is 0 Å². The molecule has 2 aromatic heterocycles. The zero-order valence-electron chi connectivity index (χ0n) is 12.9. The highest BCUT2D eigenvalue weighted by Gasteiger charge is 2.12. The average molecular weight is 373 g/mol. The molecule has 2 heterocycles. The highest BCUT2D eigenvalue weighted by atomic mass is 35.5. The van der Waals surface area contributed by atoms with E-state index in [1.54, 1.807) is 12.1 Å². The van der Waals surface area contributed by atoms with Gasteiger partial charge in [-0.15, -0.1) is 0 Å². The Kier molecular flexibility index (Phi) is 5.37. The molecule has 25 heavy (non-hydrogen) atoms. The van der Waals surface area contributed by atoms with E-state index in [0.717, 1.165) is 16.9 Å². The lowest BCUT2D eigenvalue weighted by Gasteiger charge is -2.03. The summed E-state index contributed by atoms with van der Waals surface area (Å²) in [5.74, 6) is -0.370. The Hall–Kier alpha value is -2.77. The number of carbonyl (C=O) groups is 1. The molecule has 0 radical (unpaired) electrons. The van der Waals surface area contributed by atoms with E-state index in [4.69, 9.17) is 11.6 Å². The molecule has 0 aliphatic rings. The summed E-state index contributed by atoms with van der Waals surface area (Å²) in [7, 11) is 0. The number of rotatable bonds is 5. The minimum atomic E-state index is -0.370. The highest BCUT2D eigenvalue weighted by Crippen LogP contribution is 2.18. The third-order valence-corrected chi connectivity index (χ3v) is 4.77. The Morgan fingerprint density at radius 2 is 1.96 bits per heavy atom. The number of nitrogens with zero attached hydrogens (tertiary/aromatic N) is 3. The molecule has 3 aromatic rings. The fraction of sp³-hybridized carbons (Fsp3) is 0.0588. The van der Waals surface area contributed by atoms with Crippen molar-refractivity contribution in [2.24, 2.45) is 5.10 Å². The summed E-state index contributed by atoms with van der Waals surface area (Å²) in [6.45, 7) is 0.381. The molecule has 0 fully saturated rings. The van der Waals surface area contributed by atoms with Crippen LogP contribution in [0, 0.1) is 0 Å². The van der Waals surface area contributed by atoms with E-state index in [1.807, 2.05) is 30.3 Å². The zero-order valence-corrected chi connectivity index (χ0v) is 14.5. The van der Waals surface area contributed by atoms with Gasteiger partial charge in [0.2, 0.25) is 0 Å². The normalized spacial score (nSPS) is 10.9. The van der Waals surface area contributed by atoms with Gasteiger partial charge in [0.15, 0.2) is 0 Å². The number of hydrogen-bond acceptors (Lipinski definition) is 5. The standard InChI is InChI=1S/C17H13ClN4O2S/c18-15-14(10-20-21-16(23)13-6-8-19-9-7-13)25-17(24)22(15)11-12-4-2-1-3-5-12/h1-10H,11H2,(H,21,23). The number of halogens is 1. The van der Waals surface area contributed by atoms with Crippen LogP contribution in [0.1, 0.15) is 20.8 Å². The van der Waals surface area contributed by atoms with Crippen molar-refractivity contribution in [1.82, 2.24) is 15.0 Å². The van der Waals surface area contributed by atoms with E-state index in [1.165, 1.54) is 23.2 Å². The monoisotopic (exact) mass is 372 g/mol. The average Bonchev–Trinajstić information content (AvgIpc) is 2.91. The number of benzene rings is 1. The van der Waals surface area contributed by atoms with Crippen LogP contribution < -0.4 is 10.3 Å². The quantitative estimate of drug-likeness (QED) is 0.552. The minimum Gasteiger partial charge on any atom is -0.284 e. The highest BCUT2D eigenvalue weighted by molar-refractivity contribution is 7.11. The summed E-state index contributed by atoms with van der Waals surface area (Å²) in [5, 5.41) is 4.16. The van der Waals surface area contributed by atoms with Crippen LogP contribution in [0.15, 0.2) is 64.8 Å². The molecular weight excluding hydrogens is 360 g/mol. The van der Waals surface area contributed by atoms with E-state index < -0.39 is 0 Å². The van der Waals surface area contributed by atoms with E-state index in [9.17, 15) is 9.59 Å². The minimum absolute atomic E-state index is 0.184. The van der Waals surface area contributed by atoms with E-state index in [2.05, 4.69) is 15.5 Å². The van der Waals surface area contributed by atoms with Crippen molar-refractivity contribution in [3.8, 4) is 0 Å². The maximum Gasteiger partial charge on any atom is 0.309 e. The summed E-state index contributed by atoms with van der Waals surface area (Å²) >= 11 is 7.25. The van der Waals surface area contributed by atoms with Gasteiger partial charge in [-0.2, -0.15) is 5.10 Å². The number of amides is 1. The summed E-state index contributed by atoms with van der Waals surface area (Å²) in [4.78, 5) is 28.2. The maximum absolute atomic E-state index is 12.1. The number of carbonyl (C=O) groups excluding carboxylic acids is 1. The summed E-state index contributed by atoms with van der Waals surface area (Å²) < 4.78 is 1.47. The first kappa shape index (κ1) is 17.1. The van der Waals surface area contributed by atoms with Gasteiger partial charge in [0.1, 0.15) is 5.15 Å². The molecule has 126 valence electrons. The topological polar surface area (TPSA) is 76.3 Å². The molecule has 0 saturated carbocycles. The van der Waals surface area contributed by atoms with Crippen LogP contribution in [0.5, 0.6) is 0 Å². The van der Waals surface area contributed by atoms with E-state index >= 15 is 0 Å². The van der Waals surface area contributed by atoms with Gasteiger partial charge >= 0.3 is 4.87 Å². The zero-order chi connectivity index (χ0) is 17.6. The molecule has 0 unspecified atom stereocenters. The lowest BCUT2D eigenvalue weighted by Crippen LogP contribution is -2.17. The van der Waals surface area contributed by atoms with Crippen molar-refractivity contribution < 1.29 is 4.79 Å². The van der Waals surface area contributed by atoms with Gasteiger partial charge in [-0.3, -0.25) is 19.1 Å². The molecule has 3 rings (SSSR count). The first-order valence-electron chi connectivity index (χ1n) is 7.31. The second kappa shape index (κ2) is 7.87. The van der Waals surface area contributed by atoms with Crippen LogP contribution in [0.2, 0.25) is 5.15 Å². The Labute approximate surface area is 152 Å². The second-order valence-corrected chi connectivity index (χ2v) is 6.38. The number of hydrogen-bond donors (Lipinski definition) is 1. The van der Waals surface area contributed by atoms with Gasteiger partial charge in [-0.05, 0) is 17.7 Å². The molecule has 1 N–H and O–H groups in total. The van der Waals surface area contributed by atoms with Crippen LogP contribution in [-0.2, 0) is 6.54 Å². The maximum atomic E-state index is 12.1. The smallest absolute Gasteiger partial charge is 0.284 e. The molecule has 0 atom stereocenters. The fourth-order valence-corrected chi connectivity index (χ4v) is 3.21. The Morgan fingerprint density at radius 3 is 2.68 bits per heavy atom. The molecule has 6 nitrogen and oxygen atoms in total. The molecule has 0 bridgehead atoms. The molecule has 0 aliphatic carbocycles. The second-order valence-electron chi connectivity index (χ2n) is 5.03. The van der Waals surface area contributed by atoms with E-state index in [-0.39, 0.29) is 10.8 Å². The third-order valence-electron chi connectivity index (χ3n) is 3.33. The van der Waals surface area contributed by atoms with Gasteiger partial charge in [0.25, 0.3) is 5.91 Å². The predicted molar refractivity (Wildman–Crippen MR) is 98.4 cm³/mol. The number of thiazole rings is 1. The number of pyridine rings is 1. The van der Waals surface area contributed by atoms with Gasteiger partial charge < -0.3 is 0 Å².